The average Bonchev–Trinajstić information content (AvgIpc) is 2.60. The molecule has 4 N–H and O–H groups in total. The van der Waals surface area contributed by atoms with Gasteiger partial charge in [0.2, 0.25) is 5.91 Å². The summed E-state index contributed by atoms with van der Waals surface area (Å²) in [5.41, 5.74) is 8.16. The number of rotatable bonds is 6. The van der Waals surface area contributed by atoms with Crippen LogP contribution >= 0.6 is 0 Å². The second-order valence-corrected chi connectivity index (χ2v) is 5.57. The summed E-state index contributed by atoms with van der Waals surface area (Å²) in [6.45, 7) is 2.60. The van der Waals surface area contributed by atoms with E-state index in [4.69, 9.17) is 4.74 Å². The molecule has 6 heteroatoms. The number of carbonyl (C=O) groups is 1. The van der Waals surface area contributed by atoms with Crippen molar-refractivity contribution in [2.75, 3.05) is 11.9 Å². The minimum absolute atomic E-state index is 0.0453. The average molecular weight is 326 g/mol. The first-order chi connectivity index (χ1) is 11.7. The SMILES string of the molecule is CCOc1ccc(CC2NNC(Nc3ccccc3)NC2=O)cc1. The number of hydrazine groups is 1. The van der Waals surface area contributed by atoms with Crippen molar-refractivity contribution in [3.8, 4) is 5.75 Å². The molecule has 2 unspecified atom stereocenters. The molecular weight excluding hydrogens is 304 g/mol. The van der Waals surface area contributed by atoms with Crippen molar-refractivity contribution in [1.82, 2.24) is 16.2 Å². The van der Waals surface area contributed by atoms with E-state index in [1.165, 1.54) is 0 Å². The van der Waals surface area contributed by atoms with Gasteiger partial charge in [-0.1, -0.05) is 30.3 Å². The van der Waals surface area contributed by atoms with Crippen LogP contribution in [0.25, 0.3) is 0 Å². The molecule has 1 heterocycles. The molecule has 6 nitrogen and oxygen atoms in total. The summed E-state index contributed by atoms with van der Waals surface area (Å²) < 4.78 is 5.43. The smallest absolute Gasteiger partial charge is 0.241 e. The predicted octanol–water partition coefficient (Wildman–Crippen LogP) is 1.62. The van der Waals surface area contributed by atoms with Gasteiger partial charge in [0.1, 0.15) is 11.8 Å². The molecule has 24 heavy (non-hydrogen) atoms. The molecule has 126 valence electrons. The van der Waals surface area contributed by atoms with Gasteiger partial charge in [0.05, 0.1) is 6.61 Å². The fourth-order valence-corrected chi connectivity index (χ4v) is 2.57. The summed E-state index contributed by atoms with van der Waals surface area (Å²) in [7, 11) is 0. The van der Waals surface area contributed by atoms with Gasteiger partial charge in [-0.3, -0.25) is 4.79 Å². The Kier molecular flexibility index (Phi) is 5.30. The molecular formula is C18H22N4O2. The summed E-state index contributed by atoms with van der Waals surface area (Å²) in [5.74, 6) is 0.795. The lowest BCUT2D eigenvalue weighted by Crippen LogP contribution is -2.68. The van der Waals surface area contributed by atoms with Crippen molar-refractivity contribution in [3.63, 3.8) is 0 Å². The van der Waals surface area contributed by atoms with Gasteiger partial charge >= 0.3 is 0 Å². The Balaban J connectivity index is 1.53. The molecule has 1 saturated heterocycles. The number of nitrogens with one attached hydrogen (secondary N) is 4. The second kappa shape index (κ2) is 7.81. The summed E-state index contributed by atoms with van der Waals surface area (Å²) in [4.78, 5) is 12.3. The van der Waals surface area contributed by atoms with Crippen LogP contribution in [-0.4, -0.2) is 24.8 Å². The van der Waals surface area contributed by atoms with Crippen LogP contribution in [0.1, 0.15) is 12.5 Å². The van der Waals surface area contributed by atoms with Gasteiger partial charge in [-0.05, 0) is 43.2 Å². The standard InChI is InChI=1S/C18H22N4O2/c1-2-24-15-10-8-13(9-11-15)12-16-17(23)20-18(22-21-16)19-14-6-4-3-5-7-14/h3-11,16,18-19,21-22H,2,12H2,1H3,(H,20,23). The molecule has 1 aliphatic heterocycles. The fourth-order valence-electron chi connectivity index (χ4n) is 2.57. The largest absolute Gasteiger partial charge is 0.494 e. The van der Waals surface area contributed by atoms with E-state index in [1.54, 1.807) is 0 Å². The zero-order valence-electron chi connectivity index (χ0n) is 13.6. The molecule has 0 saturated carbocycles. The van der Waals surface area contributed by atoms with Gasteiger partial charge in [-0.15, -0.1) is 0 Å². The van der Waals surface area contributed by atoms with E-state index in [1.807, 2.05) is 61.5 Å². The zero-order chi connectivity index (χ0) is 16.8. The summed E-state index contributed by atoms with van der Waals surface area (Å²) in [6.07, 6.45) is 0.250. The molecule has 2 atom stereocenters. The van der Waals surface area contributed by atoms with Crippen LogP contribution in [0.15, 0.2) is 54.6 Å². The van der Waals surface area contributed by atoms with Crippen LogP contribution in [0.5, 0.6) is 5.75 Å². The van der Waals surface area contributed by atoms with Crippen molar-refractivity contribution >= 4 is 11.6 Å². The molecule has 2 aromatic rings. The van der Waals surface area contributed by atoms with E-state index in [-0.39, 0.29) is 18.2 Å². The second-order valence-electron chi connectivity index (χ2n) is 5.57. The summed E-state index contributed by atoms with van der Waals surface area (Å²) in [5, 5.41) is 6.11. The van der Waals surface area contributed by atoms with Crippen LogP contribution in [0.2, 0.25) is 0 Å². The van der Waals surface area contributed by atoms with E-state index in [2.05, 4.69) is 21.5 Å². The number of hydrogen-bond acceptors (Lipinski definition) is 5. The van der Waals surface area contributed by atoms with E-state index < -0.39 is 0 Å². The van der Waals surface area contributed by atoms with Crippen LogP contribution in [0.4, 0.5) is 5.69 Å². The molecule has 0 spiro atoms. The van der Waals surface area contributed by atoms with Gasteiger partial charge in [-0.2, -0.15) is 0 Å². The maximum atomic E-state index is 12.3. The maximum absolute atomic E-state index is 12.3. The Hall–Kier alpha value is -2.57. The normalized spacial score (nSPS) is 20.3. The van der Waals surface area contributed by atoms with E-state index in [0.29, 0.717) is 13.0 Å². The molecule has 0 aromatic heterocycles. The third kappa shape index (κ3) is 4.24. The molecule has 3 rings (SSSR count). The number of ether oxygens (including phenoxy) is 1. The third-order valence-electron chi connectivity index (χ3n) is 3.76. The quantitative estimate of drug-likeness (QED) is 0.649. The topological polar surface area (TPSA) is 74.4 Å². The molecule has 1 aliphatic rings. The van der Waals surface area contributed by atoms with Gasteiger partial charge in [-0.25, -0.2) is 10.9 Å². The number of para-hydroxylation sites is 1. The van der Waals surface area contributed by atoms with Crippen molar-refractivity contribution in [3.05, 3.63) is 60.2 Å². The summed E-state index contributed by atoms with van der Waals surface area (Å²) >= 11 is 0. The highest BCUT2D eigenvalue weighted by atomic mass is 16.5. The van der Waals surface area contributed by atoms with Crippen LogP contribution < -0.4 is 26.2 Å². The Morgan fingerprint density at radius 2 is 1.79 bits per heavy atom. The monoisotopic (exact) mass is 326 g/mol. The Morgan fingerprint density at radius 1 is 1.04 bits per heavy atom. The first-order valence-electron chi connectivity index (χ1n) is 8.09. The van der Waals surface area contributed by atoms with Gasteiger partial charge in [0.25, 0.3) is 0 Å². The Morgan fingerprint density at radius 3 is 2.46 bits per heavy atom. The van der Waals surface area contributed by atoms with Gasteiger partial charge < -0.3 is 15.4 Å². The van der Waals surface area contributed by atoms with Crippen molar-refractivity contribution in [1.29, 1.82) is 0 Å². The summed E-state index contributed by atoms with van der Waals surface area (Å²) in [6, 6.07) is 17.2. The van der Waals surface area contributed by atoms with E-state index in [9.17, 15) is 4.79 Å². The van der Waals surface area contributed by atoms with E-state index in [0.717, 1.165) is 17.0 Å². The number of hydrogen-bond donors (Lipinski definition) is 4. The molecule has 0 radical (unpaired) electrons. The van der Waals surface area contributed by atoms with Crippen LogP contribution in [-0.2, 0) is 11.2 Å². The van der Waals surface area contributed by atoms with Gasteiger partial charge in [0.15, 0.2) is 6.29 Å². The molecule has 1 amide bonds. The molecule has 2 aromatic carbocycles. The number of benzene rings is 2. The highest BCUT2D eigenvalue weighted by molar-refractivity contribution is 5.83. The number of anilines is 1. The minimum atomic E-state index is -0.350. The fraction of sp³-hybridized carbons (Fsp3) is 0.278. The Labute approximate surface area is 141 Å². The number of amides is 1. The van der Waals surface area contributed by atoms with Crippen LogP contribution in [0.3, 0.4) is 0 Å². The lowest BCUT2D eigenvalue weighted by atomic mass is 10.1. The zero-order valence-corrected chi connectivity index (χ0v) is 13.6. The van der Waals surface area contributed by atoms with Crippen molar-refractivity contribution in [2.24, 2.45) is 0 Å². The highest BCUT2D eigenvalue weighted by Crippen LogP contribution is 2.14. The molecule has 0 aliphatic carbocycles. The number of carbonyl (C=O) groups excluding carboxylic acids is 1. The highest BCUT2D eigenvalue weighted by Gasteiger charge is 2.27. The minimum Gasteiger partial charge on any atom is -0.494 e. The van der Waals surface area contributed by atoms with Gasteiger partial charge in [0, 0.05) is 5.69 Å². The maximum Gasteiger partial charge on any atom is 0.241 e. The molecule has 0 bridgehead atoms. The lowest BCUT2D eigenvalue weighted by Gasteiger charge is -2.32. The third-order valence-corrected chi connectivity index (χ3v) is 3.76. The van der Waals surface area contributed by atoms with Crippen molar-refractivity contribution < 1.29 is 9.53 Å². The molecule has 1 fully saturated rings. The van der Waals surface area contributed by atoms with Crippen LogP contribution in [0, 0.1) is 0 Å². The first-order valence-corrected chi connectivity index (χ1v) is 8.09. The van der Waals surface area contributed by atoms with E-state index >= 15 is 0 Å². The van der Waals surface area contributed by atoms with Crippen molar-refractivity contribution in [2.45, 2.75) is 25.7 Å². The predicted molar refractivity (Wildman–Crippen MR) is 93.4 cm³/mol. The Bertz CT molecular complexity index is 660. The first kappa shape index (κ1) is 16.3. The lowest BCUT2D eigenvalue weighted by molar-refractivity contribution is -0.126.